The maximum absolute atomic E-state index is 11.8. The topological polar surface area (TPSA) is 38.7 Å². The highest BCUT2D eigenvalue weighted by Gasteiger charge is 2.22. The maximum atomic E-state index is 11.8. The first-order valence-electron chi connectivity index (χ1n) is 5.14. The van der Waals surface area contributed by atoms with E-state index in [2.05, 4.69) is 20.9 Å². The van der Waals surface area contributed by atoms with Gasteiger partial charge in [0.2, 0.25) is 5.12 Å². The van der Waals surface area contributed by atoms with Crippen molar-refractivity contribution in [3.63, 3.8) is 0 Å². The number of hydrogen-bond donors (Lipinski definition) is 0. The molecule has 0 saturated heterocycles. The number of rotatable bonds is 2. The third-order valence-corrected chi connectivity index (χ3v) is 4.97. The van der Waals surface area contributed by atoms with Gasteiger partial charge >= 0.3 is 0 Å². The van der Waals surface area contributed by atoms with Gasteiger partial charge in [0.15, 0.2) is 0 Å². The van der Waals surface area contributed by atoms with Crippen LogP contribution in [0.1, 0.15) is 5.56 Å². The van der Waals surface area contributed by atoms with E-state index in [1.807, 2.05) is 6.26 Å². The van der Waals surface area contributed by atoms with Crippen LogP contribution in [0.4, 0.5) is 0 Å². The molecular weight excluding hydrogens is 370 g/mol. The van der Waals surface area contributed by atoms with Gasteiger partial charge in [-0.2, -0.15) is 0 Å². The number of ether oxygens (including phenoxy) is 1. The minimum atomic E-state index is -0.0671. The van der Waals surface area contributed by atoms with Gasteiger partial charge < -0.3 is 4.74 Å². The van der Waals surface area contributed by atoms with E-state index in [1.165, 1.54) is 11.8 Å². The molecule has 1 aromatic carbocycles. The molecule has 0 spiro atoms. The molecule has 0 unspecified atom stereocenters. The average Bonchev–Trinajstić information content (AvgIpc) is 2.70. The molecule has 100 valence electrons. The maximum Gasteiger partial charge on any atom is 0.244 e. The van der Waals surface area contributed by atoms with Crippen molar-refractivity contribution in [1.29, 1.82) is 0 Å². The number of benzene rings is 1. The van der Waals surface area contributed by atoms with Crippen LogP contribution in [0.15, 0.2) is 27.3 Å². The summed E-state index contributed by atoms with van der Waals surface area (Å²) in [4.78, 5) is 16.1. The number of carbonyl (C=O) groups is 1. The van der Waals surface area contributed by atoms with Crippen LogP contribution in [0.2, 0.25) is 5.02 Å². The van der Waals surface area contributed by atoms with Gasteiger partial charge in [-0.05, 0) is 52.2 Å². The molecule has 0 saturated carbocycles. The summed E-state index contributed by atoms with van der Waals surface area (Å²) in [5.74, 6) is 0.627. The Morgan fingerprint density at radius 2 is 2.26 bits per heavy atom. The summed E-state index contributed by atoms with van der Waals surface area (Å²) in [6, 6.07) is 3.48. The first-order chi connectivity index (χ1) is 9.05. The largest absolute Gasteiger partial charge is 0.495 e. The van der Waals surface area contributed by atoms with Crippen molar-refractivity contribution in [2.75, 3.05) is 13.4 Å². The van der Waals surface area contributed by atoms with E-state index in [-0.39, 0.29) is 5.12 Å². The molecule has 0 fully saturated rings. The van der Waals surface area contributed by atoms with Gasteiger partial charge in [0.25, 0.3) is 0 Å². The third-order valence-electron chi connectivity index (χ3n) is 2.31. The molecule has 0 aromatic heterocycles. The summed E-state index contributed by atoms with van der Waals surface area (Å²) in [6.45, 7) is 0. The molecule has 1 heterocycles. The van der Waals surface area contributed by atoms with Gasteiger partial charge in [-0.25, -0.2) is 4.99 Å². The molecule has 19 heavy (non-hydrogen) atoms. The molecule has 1 aliphatic rings. The Morgan fingerprint density at radius 3 is 2.84 bits per heavy atom. The van der Waals surface area contributed by atoms with Crippen molar-refractivity contribution in [3.8, 4) is 5.75 Å². The van der Waals surface area contributed by atoms with Gasteiger partial charge in [-0.15, -0.1) is 11.8 Å². The van der Waals surface area contributed by atoms with Crippen molar-refractivity contribution in [2.45, 2.75) is 0 Å². The molecule has 0 amide bonds. The molecule has 7 heteroatoms. The lowest BCUT2D eigenvalue weighted by molar-refractivity contribution is -0.107. The average molecular weight is 379 g/mol. The van der Waals surface area contributed by atoms with Crippen LogP contribution < -0.4 is 4.74 Å². The predicted octanol–water partition coefficient (Wildman–Crippen LogP) is 4.44. The second kappa shape index (κ2) is 6.35. The Kier molecular flexibility index (Phi) is 5.00. The summed E-state index contributed by atoms with van der Waals surface area (Å²) in [5, 5.41) is 0.495. The normalized spacial score (nSPS) is 16.9. The monoisotopic (exact) mass is 377 g/mol. The van der Waals surface area contributed by atoms with Crippen molar-refractivity contribution in [1.82, 2.24) is 0 Å². The lowest BCUT2D eigenvalue weighted by Gasteiger charge is -2.08. The van der Waals surface area contributed by atoms with Crippen LogP contribution >= 0.6 is 51.1 Å². The first kappa shape index (κ1) is 15.0. The zero-order valence-electron chi connectivity index (χ0n) is 10.1. The number of thioether (sulfide) groups is 2. The van der Waals surface area contributed by atoms with E-state index in [9.17, 15) is 4.79 Å². The lowest BCUT2D eigenvalue weighted by Crippen LogP contribution is -1.92. The quantitative estimate of drug-likeness (QED) is 0.713. The molecule has 1 aromatic rings. The van der Waals surface area contributed by atoms with Gasteiger partial charge in [0, 0.05) is 10.6 Å². The van der Waals surface area contributed by atoms with Gasteiger partial charge in [0.1, 0.15) is 15.8 Å². The zero-order valence-corrected chi connectivity index (χ0v) is 14.0. The van der Waals surface area contributed by atoms with Crippen molar-refractivity contribution < 1.29 is 9.53 Å². The smallest absolute Gasteiger partial charge is 0.244 e. The third kappa shape index (κ3) is 3.37. The van der Waals surface area contributed by atoms with Gasteiger partial charge in [-0.1, -0.05) is 11.6 Å². The fraction of sp³-hybridized carbons (Fsp3) is 0.167. The summed E-state index contributed by atoms with van der Waals surface area (Å²) in [7, 11) is 1.57. The van der Waals surface area contributed by atoms with E-state index < -0.39 is 0 Å². The number of carbonyl (C=O) groups excluding carboxylic acids is 1. The van der Waals surface area contributed by atoms with Crippen LogP contribution in [0.3, 0.4) is 0 Å². The van der Waals surface area contributed by atoms with E-state index in [4.69, 9.17) is 16.3 Å². The highest BCUT2D eigenvalue weighted by Crippen LogP contribution is 2.36. The highest BCUT2D eigenvalue weighted by molar-refractivity contribution is 9.10. The van der Waals surface area contributed by atoms with Crippen molar-refractivity contribution >= 4 is 66.6 Å². The van der Waals surface area contributed by atoms with E-state index in [0.29, 0.717) is 16.5 Å². The number of halogens is 2. The van der Waals surface area contributed by atoms with E-state index >= 15 is 0 Å². The Bertz CT molecular complexity index is 602. The van der Waals surface area contributed by atoms with Crippen LogP contribution in [0.5, 0.6) is 5.75 Å². The molecule has 0 atom stereocenters. The molecule has 0 aliphatic carbocycles. The molecule has 3 nitrogen and oxygen atoms in total. The summed E-state index contributed by atoms with van der Waals surface area (Å²) in [5.41, 5.74) is 1.12. The highest BCUT2D eigenvalue weighted by atomic mass is 79.9. The van der Waals surface area contributed by atoms with Crippen LogP contribution in [0.25, 0.3) is 6.08 Å². The molecule has 2 rings (SSSR count). The number of methoxy groups -OCH3 is 1. The summed E-state index contributed by atoms with van der Waals surface area (Å²) in [6.07, 6.45) is 3.58. The van der Waals surface area contributed by atoms with Gasteiger partial charge in [-0.3, -0.25) is 4.79 Å². The molecule has 0 N–H and O–H groups in total. The van der Waals surface area contributed by atoms with Gasteiger partial charge in [0.05, 0.1) is 11.6 Å². The fourth-order valence-electron chi connectivity index (χ4n) is 1.53. The SMILES string of the molecule is COc1c(Br)cc(Cl)cc1/C=C1\N=C(SC)SC1=O. The Labute approximate surface area is 133 Å². The Hall–Kier alpha value is -0.430. The number of nitrogens with zero attached hydrogens (tertiary/aromatic N) is 1. The van der Waals surface area contributed by atoms with E-state index in [0.717, 1.165) is 26.2 Å². The number of aliphatic imine (C=N–C) groups is 1. The fourth-order valence-corrected chi connectivity index (χ4v) is 3.78. The second-order valence-corrected chi connectivity index (χ2v) is 6.82. The lowest BCUT2D eigenvalue weighted by atomic mass is 10.1. The first-order valence-corrected chi connectivity index (χ1v) is 8.36. The molecular formula is C12H9BrClNO2S2. The minimum Gasteiger partial charge on any atom is -0.495 e. The minimum absolute atomic E-state index is 0.0671. The van der Waals surface area contributed by atoms with Crippen LogP contribution in [-0.4, -0.2) is 22.9 Å². The second-order valence-electron chi connectivity index (χ2n) is 3.51. The van der Waals surface area contributed by atoms with Crippen LogP contribution in [0, 0.1) is 0 Å². The van der Waals surface area contributed by atoms with Crippen molar-refractivity contribution in [3.05, 3.63) is 32.9 Å². The standard InChI is InChI=1S/C12H9BrClNO2S2/c1-17-10-6(3-7(14)5-8(10)13)4-9-11(16)19-12(15-9)18-2/h3-5H,1-2H3/b9-4-. The summed E-state index contributed by atoms with van der Waals surface area (Å²) < 4.78 is 6.79. The van der Waals surface area contributed by atoms with Crippen molar-refractivity contribution in [2.24, 2.45) is 4.99 Å². The predicted molar refractivity (Wildman–Crippen MR) is 87.2 cm³/mol. The zero-order chi connectivity index (χ0) is 14.0. The molecule has 0 bridgehead atoms. The van der Waals surface area contributed by atoms with Crippen LogP contribution in [-0.2, 0) is 4.79 Å². The Morgan fingerprint density at radius 1 is 1.53 bits per heavy atom. The molecule has 1 aliphatic heterocycles. The van der Waals surface area contributed by atoms with E-state index in [1.54, 1.807) is 25.3 Å². The number of hydrogen-bond acceptors (Lipinski definition) is 5. The molecule has 0 radical (unpaired) electrons. The summed E-state index contributed by atoms with van der Waals surface area (Å²) >= 11 is 12.0. The Balaban J connectivity index is 2.49.